The van der Waals surface area contributed by atoms with Crippen molar-refractivity contribution in [1.29, 1.82) is 0 Å². The van der Waals surface area contributed by atoms with Gasteiger partial charge in [-0.1, -0.05) is 42.5 Å². The maximum atomic E-state index is 12.3. The molecule has 1 heterocycles. The fraction of sp³-hybridized carbons (Fsp3) is 0.158. The SMILES string of the molecule is Cc1nc(CCNC(=O)c2cccc(-c3ccccc3)c2)co1. The van der Waals surface area contributed by atoms with Crippen molar-refractivity contribution in [3.63, 3.8) is 0 Å². The highest BCUT2D eigenvalue weighted by Gasteiger charge is 2.07. The number of benzene rings is 2. The molecule has 4 nitrogen and oxygen atoms in total. The van der Waals surface area contributed by atoms with E-state index < -0.39 is 0 Å². The molecule has 3 aromatic rings. The smallest absolute Gasteiger partial charge is 0.251 e. The quantitative estimate of drug-likeness (QED) is 0.783. The maximum Gasteiger partial charge on any atom is 0.251 e. The van der Waals surface area contributed by atoms with Gasteiger partial charge in [-0.15, -0.1) is 0 Å². The predicted octanol–water partition coefficient (Wildman–Crippen LogP) is 3.62. The average molecular weight is 306 g/mol. The van der Waals surface area contributed by atoms with Gasteiger partial charge in [0.25, 0.3) is 5.91 Å². The molecule has 4 heteroatoms. The van der Waals surface area contributed by atoms with Gasteiger partial charge in [0.2, 0.25) is 0 Å². The van der Waals surface area contributed by atoms with Crippen LogP contribution in [0.5, 0.6) is 0 Å². The van der Waals surface area contributed by atoms with E-state index in [0.29, 0.717) is 24.4 Å². The molecule has 0 unspecified atom stereocenters. The summed E-state index contributed by atoms with van der Waals surface area (Å²) in [6.45, 7) is 2.33. The second-order valence-electron chi connectivity index (χ2n) is 5.31. The zero-order valence-corrected chi connectivity index (χ0v) is 13.0. The van der Waals surface area contributed by atoms with Crippen LogP contribution < -0.4 is 5.32 Å². The lowest BCUT2D eigenvalue weighted by Gasteiger charge is -2.06. The molecule has 1 aromatic heterocycles. The van der Waals surface area contributed by atoms with Crippen LogP contribution in [0.4, 0.5) is 0 Å². The fourth-order valence-corrected chi connectivity index (χ4v) is 2.40. The Balaban J connectivity index is 1.63. The van der Waals surface area contributed by atoms with Crippen molar-refractivity contribution < 1.29 is 9.21 Å². The summed E-state index contributed by atoms with van der Waals surface area (Å²) < 4.78 is 5.15. The zero-order valence-electron chi connectivity index (χ0n) is 13.0. The number of nitrogens with zero attached hydrogens (tertiary/aromatic N) is 1. The van der Waals surface area contributed by atoms with Crippen LogP contribution in [0.2, 0.25) is 0 Å². The molecule has 0 spiro atoms. The molecule has 1 N–H and O–H groups in total. The Bertz CT molecular complexity index is 794. The first-order chi connectivity index (χ1) is 11.2. The Morgan fingerprint density at radius 1 is 1.09 bits per heavy atom. The summed E-state index contributed by atoms with van der Waals surface area (Å²) in [5, 5.41) is 2.91. The van der Waals surface area contributed by atoms with Crippen LogP contribution in [0.15, 0.2) is 65.3 Å². The number of oxazole rings is 1. The molecule has 3 rings (SSSR count). The van der Waals surface area contributed by atoms with Gasteiger partial charge in [0.15, 0.2) is 5.89 Å². The Labute approximate surface area is 135 Å². The van der Waals surface area contributed by atoms with Crippen molar-refractivity contribution in [2.75, 3.05) is 6.54 Å². The second-order valence-corrected chi connectivity index (χ2v) is 5.31. The molecule has 0 aliphatic heterocycles. The molecule has 1 amide bonds. The van der Waals surface area contributed by atoms with Crippen LogP contribution in [0.25, 0.3) is 11.1 Å². The van der Waals surface area contributed by atoms with Crippen molar-refractivity contribution in [3.8, 4) is 11.1 Å². The van der Waals surface area contributed by atoms with Crippen LogP contribution in [-0.4, -0.2) is 17.4 Å². The van der Waals surface area contributed by atoms with Crippen LogP contribution in [-0.2, 0) is 6.42 Å². The molecule has 0 radical (unpaired) electrons. The van der Waals surface area contributed by atoms with Crippen LogP contribution >= 0.6 is 0 Å². The summed E-state index contributed by atoms with van der Waals surface area (Å²) in [7, 11) is 0. The van der Waals surface area contributed by atoms with Crippen molar-refractivity contribution in [2.45, 2.75) is 13.3 Å². The first-order valence-electron chi connectivity index (χ1n) is 7.57. The molecule has 0 bridgehead atoms. The van der Waals surface area contributed by atoms with Gasteiger partial charge in [-0.2, -0.15) is 0 Å². The summed E-state index contributed by atoms with van der Waals surface area (Å²) in [6, 6.07) is 17.7. The number of hydrogen-bond acceptors (Lipinski definition) is 3. The van der Waals surface area contributed by atoms with Crippen molar-refractivity contribution in [3.05, 3.63) is 78.0 Å². The standard InChI is InChI=1S/C19H18N2O2/c1-14-21-18(13-23-14)10-11-20-19(22)17-9-5-8-16(12-17)15-6-3-2-4-7-15/h2-9,12-13H,10-11H2,1H3,(H,20,22). The van der Waals surface area contributed by atoms with E-state index in [1.807, 2.05) is 54.6 Å². The van der Waals surface area contributed by atoms with Gasteiger partial charge in [-0.05, 0) is 23.3 Å². The minimum absolute atomic E-state index is 0.0806. The Morgan fingerprint density at radius 2 is 1.87 bits per heavy atom. The number of rotatable bonds is 5. The highest BCUT2D eigenvalue weighted by molar-refractivity contribution is 5.95. The lowest BCUT2D eigenvalue weighted by Crippen LogP contribution is -2.25. The van der Waals surface area contributed by atoms with Gasteiger partial charge < -0.3 is 9.73 Å². The first kappa shape index (κ1) is 15.0. The minimum Gasteiger partial charge on any atom is -0.449 e. The lowest BCUT2D eigenvalue weighted by atomic mass is 10.0. The number of carbonyl (C=O) groups is 1. The largest absolute Gasteiger partial charge is 0.449 e. The van der Waals surface area contributed by atoms with Gasteiger partial charge in [-0.25, -0.2) is 4.98 Å². The molecule has 0 aliphatic carbocycles. The third kappa shape index (κ3) is 3.86. The molecule has 0 saturated heterocycles. The summed E-state index contributed by atoms with van der Waals surface area (Å²) in [5.74, 6) is 0.560. The normalized spacial score (nSPS) is 10.5. The Hall–Kier alpha value is -2.88. The number of aryl methyl sites for hydroxylation is 1. The topological polar surface area (TPSA) is 55.1 Å². The van der Waals surface area contributed by atoms with E-state index in [2.05, 4.69) is 10.3 Å². The summed E-state index contributed by atoms with van der Waals surface area (Å²) >= 11 is 0. The van der Waals surface area contributed by atoms with Crippen LogP contribution in [0.1, 0.15) is 21.9 Å². The van der Waals surface area contributed by atoms with E-state index in [0.717, 1.165) is 16.8 Å². The van der Waals surface area contributed by atoms with E-state index in [1.54, 1.807) is 13.2 Å². The molecule has 23 heavy (non-hydrogen) atoms. The van der Waals surface area contributed by atoms with Gasteiger partial charge in [0.05, 0.1) is 5.69 Å². The fourth-order valence-electron chi connectivity index (χ4n) is 2.40. The summed E-state index contributed by atoms with van der Waals surface area (Å²) in [6.07, 6.45) is 2.28. The minimum atomic E-state index is -0.0806. The van der Waals surface area contributed by atoms with E-state index >= 15 is 0 Å². The third-order valence-corrected chi connectivity index (χ3v) is 3.57. The molecular weight excluding hydrogens is 288 g/mol. The molecule has 116 valence electrons. The summed E-state index contributed by atoms with van der Waals surface area (Å²) in [4.78, 5) is 16.5. The highest BCUT2D eigenvalue weighted by atomic mass is 16.3. The molecule has 0 atom stereocenters. The Kier molecular flexibility index (Phi) is 4.52. The van der Waals surface area contributed by atoms with E-state index in [-0.39, 0.29) is 5.91 Å². The number of carbonyl (C=O) groups excluding carboxylic acids is 1. The maximum absolute atomic E-state index is 12.3. The summed E-state index contributed by atoms with van der Waals surface area (Å²) in [5.41, 5.74) is 3.63. The second kappa shape index (κ2) is 6.92. The molecule has 0 saturated carbocycles. The van der Waals surface area contributed by atoms with E-state index in [4.69, 9.17) is 4.42 Å². The van der Waals surface area contributed by atoms with Crippen molar-refractivity contribution in [2.24, 2.45) is 0 Å². The predicted molar refractivity (Wildman–Crippen MR) is 89.2 cm³/mol. The van der Waals surface area contributed by atoms with Gasteiger partial charge in [0.1, 0.15) is 6.26 Å². The van der Waals surface area contributed by atoms with Gasteiger partial charge in [0, 0.05) is 25.5 Å². The van der Waals surface area contributed by atoms with Gasteiger partial charge >= 0.3 is 0 Å². The van der Waals surface area contributed by atoms with Crippen LogP contribution in [0, 0.1) is 6.92 Å². The number of amides is 1. The average Bonchev–Trinajstić information content (AvgIpc) is 3.01. The van der Waals surface area contributed by atoms with Crippen LogP contribution in [0.3, 0.4) is 0 Å². The first-order valence-corrected chi connectivity index (χ1v) is 7.57. The van der Waals surface area contributed by atoms with Crippen molar-refractivity contribution in [1.82, 2.24) is 10.3 Å². The van der Waals surface area contributed by atoms with E-state index in [9.17, 15) is 4.79 Å². The molecule has 0 aliphatic rings. The molecular formula is C19H18N2O2. The lowest BCUT2D eigenvalue weighted by molar-refractivity contribution is 0.0954. The van der Waals surface area contributed by atoms with Crippen molar-refractivity contribution >= 4 is 5.91 Å². The number of aromatic nitrogens is 1. The van der Waals surface area contributed by atoms with E-state index in [1.165, 1.54) is 0 Å². The molecule has 2 aromatic carbocycles. The highest BCUT2D eigenvalue weighted by Crippen LogP contribution is 2.19. The number of nitrogens with one attached hydrogen (secondary N) is 1. The third-order valence-electron chi connectivity index (χ3n) is 3.57. The monoisotopic (exact) mass is 306 g/mol. The Morgan fingerprint density at radius 3 is 2.61 bits per heavy atom. The zero-order chi connectivity index (χ0) is 16.1. The molecule has 0 fully saturated rings. The van der Waals surface area contributed by atoms with Gasteiger partial charge in [-0.3, -0.25) is 4.79 Å². The number of hydrogen-bond donors (Lipinski definition) is 1.